The van der Waals surface area contributed by atoms with Gasteiger partial charge in [0.2, 0.25) is 15.9 Å². The molecule has 2 aromatic rings. The average molecular weight is 478 g/mol. The highest BCUT2D eigenvalue weighted by molar-refractivity contribution is 7.89. The van der Waals surface area contributed by atoms with Crippen molar-refractivity contribution in [2.75, 3.05) is 26.0 Å². The van der Waals surface area contributed by atoms with Crippen molar-refractivity contribution in [1.82, 2.24) is 9.62 Å². The third-order valence-corrected chi connectivity index (χ3v) is 6.54. The quantitative estimate of drug-likeness (QED) is 0.543. The second-order valence-corrected chi connectivity index (χ2v) is 9.92. The van der Waals surface area contributed by atoms with Crippen LogP contribution in [-0.2, 0) is 26.2 Å². The first kappa shape index (κ1) is 26.1. The molecule has 0 bridgehead atoms. The van der Waals surface area contributed by atoms with Crippen molar-refractivity contribution in [3.8, 4) is 5.75 Å². The van der Waals surface area contributed by atoms with E-state index in [0.29, 0.717) is 0 Å². The molecule has 0 heterocycles. The minimum absolute atomic E-state index is 0.0662. The summed E-state index contributed by atoms with van der Waals surface area (Å²) in [4.78, 5) is 25.1. The van der Waals surface area contributed by atoms with Crippen LogP contribution in [0.15, 0.2) is 53.4 Å². The molecule has 0 aliphatic heterocycles. The minimum atomic E-state index is -3.81. The Kier molecular flexibility index (Phi) is 9.24. The average Bonchev–Trinajstić information content (AvgIpc) is 2.77. The van der Waals surface area contributed by atoms with Gasteiger partial charge < -0.3 is 20.1 Å². The molecule has 33 heavy (non-hydrogen) atoms. The number of carbonyl (C=O) groups is 2. The van der Waals surface area contributed by atoms with Gasteiger partial charge in [0.1, 0.15) is 23.3 Å². The van der Waals surface area contributed by atoms with Crippen LogP contribution in [0.5, 0.6) is 5.75 Å². The number of benzene rings is 2. The topological polar surface area (TPSA) is 114 Å². The van der Waals surface area contributed by atoms with Crippen LogP contribution in [0.2, 0.25) is 0 Å². The standard InChI is InChI=1S/C23H31N3O6S/c1-6-31-19-13-12-18(14-20(19)33(29,30)26(4)5)24-22(27)21(16(2)3)25-23(28)32-15-17-10-8-7-9-11-17/h7-14,16,21H,6,15H2,1-5H3,(H,24,27)(H,25,28)/t21-/m0/s1. The smallest absolute Gasteiger partial charge is 0.408 e. The van der Waals surface area contributed by atoms with E-state index >= 15 is 0 Å². The SMILES string of the molecule is CCOc1ccc(NC(=O)[C@@H](NC(=O)OCc2ccccc2)C(C)C)cc1S(=O)(=O)N(C)C. The molecule has 0 aliphatic rings. The highest BCUT2D eigenvalue weighted by Crippen LogP contribution is 2.29. The molecule has 0 fully saturated rings. The molecule has 180 valence electrons. The van der Waals surface area contributed by atoms with Crippen LogP contribution in [0, 0.1) is 5.92 Å². The van der Waals surface area contributed by atoms with Crippen molar-refractivity contribution in [3.05, 3.63) is 54.1 Å². The zero-order chi connectivity index (χ0) is 24.6. The van der Waals surface area contributed by atoms with Gasteiger partial charge in [0.25, 0.3) is 0 Å². The zero-order valence-electron chi connectivity index (χ0n) is 19.5. The summed E-state index contributed by atoms with van der Waals surface area (Å²) in [5.74, 6) is -0.562. The molecule has 0 saturated carbocycles. The predicted octanol–water partition coefficient (Wildman–Crippen LogP) is 3.23. The first-order valence-electron chi connectivity index (χ1n) is 10.5. The fourth-order valence-electron chi connectivity index (χ4n) is 2.91. The van der Waals surface area contributed by atoms with E-state index in [1.54, 1.807) is 26.8 Å². The Hall–Kier alpha value is -3.11. The number of ether oxygens (including phenoxy) is 2. The molecule has 0 radical (unpaired) electrons. The summed E-state index contributed by atoms with van der Waals surface area (Å²) in [6.45, 7) is 5.66. The predicted molar refractivity (Wildman–Crippen MR) is 126 cm³/mol. The van der Waals surface area contributed by atoms with E-state index in [4.69, 9.17) is 9.47 Å². The van der Waals surface area contributed by atoms with E-state index in [2.05, 4.69) is 10.6 Å². The van der Waals surface area contributed by atoms with Crippen molar-refractivity contribution >= 4 is 27.7 Å². The number of anilines is 1. The fraction of sp³-hybridized carbons (Fsp3) is 0.391. The van der Waals surface area contributed by atoms with Gasteiger partial charge in [-0.05, 0) is 36.6 Å². The molecule has 2 amide bonds. The highest BCUT2D eigenvalue weighted by atomic mass is 32.2. The number of rotatable bonds is 10. The normalized spacial score (nSPS) is 12.3. The van der Waals surface area contributed by atoms with Crippen molar-refractivity contribution < 1.29 is 27.5 Å². The van der Waals surface area contributed by atoms with Gasteiger partial charge in [-0.25, -0.2) is 17.5 Å². The van der Waals surface area contributed by atoms with Gasteiger partial charge in [-0.1, -0.05) is 44.2 Å². The van der Waals surface area contributed by atoms with Crippen LogP contribution in [0.25, 0.3) is 0 Å². The van der Waals surface area contributed by atoms with Gasteiger partial charge in [0.05, 0.1) is 6.61 Å². The van der Waals surface area contributed by atoms with Crippen molar-refractivity contribution in [1.29, 1.82) is 0 Å². The van der Waals surface area contributed by atoms with Gasteiger partial charge in [0.15, 0.2) is 0 Å². The van der Waals surface area contributed by atoms with Crippen LogP contribution < -0.4 is 15.4 Å². The second-order valence-electron chi connectivity index (χ2n) is 7.80. The molecular formula is C23H31N3O6S. The molecule has 0 saturated heterocycles. The summed E-state index contributed by atoms with van der Waals surface area (Å²) < 4.78 is 37.1. The number of nitrogens with one attached hydrogen (secondary N) is 2. The van der Waals surface area contributed by atoms with E-state index in [1.807, 2.05) is 30.3 Å². The molecular weight excluding hydrogens is 446 g/mol. The van der Waals surface area contributed by atoms with Crippen LogP contribution in [0.3, 0.4) is 0 Å². The lowest BCUT2D eigenvalue weighted by Crippen LogP contribution is -2.47. The molecule has 2 rings (SSSR count). The van der Waals surface area contributed by atoms with Gasteiger partial charge in [-0.3, -0.25) is 4.79 Å². The monoisotopic (exact) mass is 477 g/mol. The lowest BCUT2D eigenvalue weighted by Gasteiger charge is -2.22. The van der Waals surface area contributed by atoms with Gasteiger partial charge in [-0.15, -0.1) is 0 Å². The Morgan fingerprint density at radius 1 is 1.06 bits per heavy atom. The Labute approximate surface area is 195 Å². The number of sulfonamides is 1. The fourth-order valence-corrected chi connectivity index (χ4v) is 3.96. The van der Waals surface area contributed by atoms with E-state index in [1.165, 1.54) is 26.2 Å². The number of amides is 2. The Balaban J connectivity index is 2.15. The largest absolute Gasteiger partial charge is 0.492 e. The van der Waals surface area contributed by atoms with Crippen LogP contribution in [-0.4, -0.2) is 51.5 Å². The van der Waals surface area contributed by atoms with E-state index in [0.717, 1.165) is 9.87 Å². The number of hydrogen-bond donors (Lipinski definition) is 2. The molecule has 2 N–H and O–H groups in total. The summed E-state index contributed by atoms with van der Waals surface area (Å²) in [7, 11) is -0.984. The highest BCUT2D eigenvalue weighted by Gasteiger charge is 2.27. The van der Waals surface area contributed by atoms with E-state index in [9.17, 15) is 18.0 Å². The number of hydrogen-bond acceptors (Lipinski definition) is 6. The number of nitrogens with zero attached hydrogens (tertiary/aromatic N) is 1. The van der Waals surface area contributed by atoms with Crippen LogP contribution in [0.1, 0.15) is 26.3 Å². The summed E-state index contributed by atoms with van der Waals surface area (Å²) in [5.41, 5.74) is 1.08. The van der Waals surface area contributed by atoms with Crippen molar-refractivity contribution in [2.45, 2.75) is 38.3 Å². The molecule has 2 aromatic carbocycles. The lowest BCUT2D eigenvalue weighted by molar-refractivity contribution is -0.119. The van der Waals surface area contributed by atoms with Gasteiger partial charge >= 0.3 is 6.09 Å². The third-order valence-electron chi connectivity index (χ3n) is 4.70. The molecule has 0 aromatic heterocycles. The summed E-state index contributed by atoms with van der Waals surface area (Å²) in [5, 5.41) is 5.25. The minimum Gasteiger partial charge on any atom is -0.492 e. The summed E-state index contributed by atoms with van der Waals surface area (Å²) in [6, 6.07) is 12.7. The number of carbonyl (C=O) groups excluding carboxylic acids is 2. The Bertz CT molecular complexity index is 1060. The van der Waals surface area contributed by atoms with E-state index in [-0.39, 0.29) is 35.5 Å². The third kappa shape index (κ3) is 7.19. The first-order valence-corrected chi connectivity index (χ1v) is 12.0. The van der Waals surface area contributed by atoms with E-state index < -0.39 is 28.1 Å². The zero-order valence-corrected chi connectivity index (χ0v) is 20.3. The molecule has 0 spiro atoms. The van der Waals surface area contributed by atoms with Crippen LogP contribution >= 0.6 is 0 Å². The maximum atomic E-state index is 12.9. The van der Waals surface area contributed by atoms with Crippen LogP contribution in [0.4, 0.5) is 10.5 Å². The van der Waals surface area contributed by atoms with Crippen molar-refractivity contribution in [3.63, 3.8) is 0 Å². The first-order chi connectivity index (χ1) is 15.6. The Morgan fingerprint density at radius 3 is 2.30 bits per heavy atom. The van der Waals surface area contributed by atoms with Gasteiger partial charge in [0, 0.05) is 19.8 Å². The molecule has 9 nitrogen and oxygen atoms in total. The molecule has 10 heteroatoms. The molecule has 0 unspecified atom stereocenters. The number of alkyl carbamates (subject to hydrolysis) is 1. The maximum Gasteiger partial charge on any atom is 0.408 e. The maximum absolute atomic E-state index is 12.9. The second kappa shape index (κ2) is 11.7. The molecule has 1 atom stereocenters. The summed E-state index contributed by atoms with van der Waals surface area (Å²) >= 11 is 0. The molecule has 0 aliphatic carbocycles. The Morgan fingerprint density at radius 2 is 1.73 bits per heavy atom. The van der Waals surface area contributed by atoms with Crippen molar-refractivity contribution in [2.24, 2.45) is 5.92 Å². The summed E-state index contributed by atoms with van der Waals surface area (Å²) in [6.07, 6.45) is -0.727. The lowest BCUT2D eigenvalue weighted by atomic mass is 10.0. The van der Waals surface area contributed by atoms with Gasteiger partial charge in [-0.2, -0.15) is 0 Å².